The molecule has 0 bridgehead atoms. The Morgan fingerprint density at radius 3 is 2.71 bits per heavy atom. The lowest BCUT2D eigenvalue weighted by Gasteiger charge is -2.01. The molecular weight excluding hydrogens is 474 g/mol. The van der Waals surface area contributed by atoms with Gasteiger partial charge in [-0.1, -0.05) is 41.4 Å². The number of hydrogen-bond donors (Lipinski definition) is 0. The van der Waals surface area contributed by atoms with E-state index >= 15 is 0 Å². The number of benzene rings is 2. The fourth-order valence-corrected chi connectivity index (χ4v) is 3.94. The summed E-state index contributed by atoms with van der Waals surface area (Å²) in [4.78, 5) is 4.57. The highest BCUT2D eigenvalue weighted by Gasteiger charge is 2.12. The molecular formula is C18H9Cl2IN2S. The smallest absolute Gasteiger partial charge is 0.134 e. The maximum atomic E-state index is 9.50. The maximum Gasteiger partial charge on any atom is 0.134 e. The molecule has 118 valence electrons. The fourth-order valence-electron chi connectivity index (χ4n) is 2.11. The van der Waals surface area contributed by atoms with Crippen LogP contribution in [0, 0.1) is 14.9 Å². The van der Waals surface area contributed by atoms with Gasteiger partial charge in [0, 0.05) is 19.5 Å². The highest BCUT2D eigenvalue weighted by molar-refractivity contribution is 14.1. The van der Waals surface area contributed by atoms with Crippen LogP contribution >= 0.6 is 57.1 Å². The van der Waals surface area contributed by atoms with Gasteiger partial charge in [0.15, 0.2) is 0 Å². The number of thiazole rings is 1. The van der Waals surface area contributed by atoms with Crippen molar-refractivity contribution in [3.05, 3.63) is 72.0 Å². The van der Waals surface area contributed by atoms with Crippen LogP contribution in [0.5, 0.6) is 0 Å². The molecule has 0 N–H and O–H groups in total. The number of nitriles is 1. The molecule has 6 heteroatoms. The Morgan fingerprint density at radius 1 is 1.21 bits per heavy atom. The Morgan fingerprint density at radius 2 is 2.00 bits per heavy atom. The second kappa shape index (κ2) is 7.66. The normalized spacial score (nSPS) is 11.3. The molecule has 0 aliphatic rings. The standard InChI is InChI=1S/C18H9Cl2IN2S/c19-13-5-6-14(15(20)8-13)17-10-24-18(23-17)12(9-22)7-11-3-1-2-4-16(11)21/h1-8,10H/b12-7+. The molecule has 0 atom stereocenters. The summed E-state index contributed by atoms with van der Waals surface area (Å²) in [6, 6.07) is 15.4. The van der Waals surface area contributed by atoms with Crippen molar-refractivity contribution < 1.29 is 0 Å². The van der Waals surface area contributed by atoms with Gasteiger partial charge in [-0.2, -0.15) is 5.26 Å². The Labute approximate surface area is 167 Å². The summed E-state index contributed by atoms with van der Waals surface area (Å²) in [5.41, 5.74) is 3.06. The molecule has 3 aromatic rings. The summed E-state index contributed by atoms with van der Waals surface area (Å²) in [5.74, 6) is 0. The van der Waals surface area contributed by atoms with Gasteiger partial charge in [-0.05, 0) is 58.5 Å². The molecule has 24 heavy (non-hydrogen) atoms. The number of halogens is 3. The van der Waals surface area contributed by atoms with Crippen LogP contribution < -0.4 is 0 Å². The van der Waals surface area contributed by atoms with E-state index in [1.54, 1.807) is 12.1 Å². The molecule has 0 unspecified atom stereocenters. The van der Waals surface area contributed by atoms with E-state index in [1.165, 1.54) is 11.3 Å². The quantitative estimate of drug-likeness (QED) is 0.304. The van der Waals surface area contributed by atoms with E-state index in [1.807, 2.05) is 41.8 Å². The molecule has 0 spiro atoms. The van der Waals surface area contributed by atoms with Crippen LogP contribution in [0.4, 0.5) is 0 Å². The van der Waals surface area contributed by atoms with E-state index in [9.17, 15) is 5.26 Å². The average Bonchev–Trinajstić information content (AvgIpc) is 3.03. The molecule has 0 aliphatic carbocycles. The third-order valence-corrected chi connectivity index (χ3v) is 5.67. The number of hydrogen-bond acceptors (Lipinski definition) is 3. The molecule has 2 aromatic carbocycles. The van der Waals surface area contributed by atoms with Crippen molar-refractivity contribution in [3.63, 3.8) is 0 Å². The third-order valence-electron chi connectivity index (χ3n) is 3.27. The van der Waals surface area contributed by atoms with Crippen molar-refractivity contribution in [3.8, 4) is 17.3 Å². The van der Waals surface area contributed by atoms with Crippen molar-refractivity contribution in [2.24, 2.45) is 0 Å². The Bertz CT molecular complexity index is 973. The van der Waals surface area contributed by atoms with Gasteiger partial charge in [-0.15, -0.1) is 11.3 Å². The van der Waals surface area contributed by atoms with E-state index in [-0.39, 0.29) is 0 Å². The number of rotatable bonds is 3. The second-order valence-corrected chi connectivity index (χ2v) is 7.72. The summed E-state index contributed by atoms with van der Waals surface area (Å²) < 4.78 is 1.08. The van der Waals surface area contributed by atoms with Crippen LogP contribution in [0.1, 0.15) is 10.6 Å². The topological polar surface area (TPSA) is 36.7 Å². The summed E-state index contributed by atoms with van der Waals surface area (Å²) in [5, 5.41) is 13.2. The van der Waals surface area contributed by atoms with Gasteiger partial charge in [-0.25, -0.2) is 4.98 Å². The monoisotopic (exact) mass is 482 g/mol. The lowest BCUT2D eigenvalue weighted by Crippen LogP contribution is -1.85. The van der Waals surface area contributed by atoms with Gasteiger partial charge in [0.25, 0.3) is 0 Å². The van der Waals surface area contributed by atoms with Gasteiger partial charge in [0.1, 0.15) is 11.1 Å². The molecule has 0 aliphatic heterocycles. The number of aromatic nitrogens is 1. The Balaban J connectivity index is 2.00. The third kappa shape index (κ3) is 3.81. The van der Waals surface area contributed by atoms with E-state index in [0.29, 0.717) is 20.6 Å². The number of allylic oxidation sites excluding steroid dienone is 1. The molecule has 1 heterocycles. The predicted molar refractivity (Wildman–Crippen MR) is 110 cm³/mol. The summed E-state index contributed by atoms with van der Waals surface area (Å²) >= 11 is 15.8. The van der Waals surface area contributed by atoms with Crippen molar-refractivity contribution in [2.75, 3.05) is 0 Å². The zero-order chi connectivity index (χ0) is 17.1. The lowest BCUT2D eigenvalue weighted by atomic mass is 10.1. The van der Waals surface area contributed by atoms with Crippen LogP contribution in [-0.4, -0.2) is 4.98 Å². The lowest BCUT2D eigenvalue weighted by molar-refractivity contribution is 1.37. The summed E-state index contributed by atoms with van der Waals surface area (Å²) in [6.45, 7) is 0. The molecule has 0 radical (unpaired) electrons. The van der Waals surface area contributed by atoms with Crippen molar-refractivity contribution in [1.29, 1.82) is 5.26 Å². The number of nitrogens with zero attached hydrogens (tertiary/aromatic N) is 2. The minimum Gasteiger partial charge on any atom is -0.235 e. The molecule has 2 nitrogen and oxygen atoms in total. The highest BCUT2D eigenvalue weighted by Crippen LogP contribution is 2.33. The first-order valence-electron chi connectivity index (χ1n) is 6.86. The second-order valence-electron chi connectivity index (χ2n) is 4.85. The van der Waals surface area contributed by atoms with E-state index in [4.69, 9.17) is 23.2 Å². The van der Waals surface area contributed by atoms with Crippen LogP contribution in [0.3, 0.4) is 0 Å². The van der Waals surface area contributed by atoms with Crippen LogP contribution in [0.25, 0.3) is 22.9 Å². The summed E-state index contributed by atoms with van der Waals surface area (Å²) in [6.07, 6.45) is 1.86. The Kier molecular flexibility index (Phi) is 5.57. The zero-order valence-corrected chi connectivity index (χ0v) is 16.6. The van der Waals surface area contributed by atoms with Gasteiger partial charge in [0.2, 0.25) is 0 Å². The van der Waals surface area contributed by atoms with Crippen molar-refractivity contribution in [2.45, 2.75) is 0 Å². The van der Waals surface area contributed by atoms with E-state index < -0.39 is 0 Å². The van der Waals surface area contributed by atoms with Crippen LogP contribution in [-0.2, 0) is 0 Å². The predicted octanol–water partition coefficient (Wildman–Crippen LogP) is 6.79. The van der Waals surface area contributed by atoms with Gasteiger partial charge < -0.3 is 0 Å². The van der Waals surface area contributed by atoms with E-state index in [0.717, 1.165) is 20.4 Å². The maximum absolute atomic E-state index is 9.50. The zero-order valence-electron chi connectivity index (χ0n) is 12.1. The van der Waals surface area contributed by atoms with E-state index in [2.05, 4.69) is 33.6 Å². The first-order valence-corrected chi connectivity index (χ1v) is 9.57. The molecule has 0 saturated carbocycles. The molecule has 3 rings (SSSR count). The largest absolute Gasteiger partial charge is 0.235 e. The average molecular weight is 483 g/mol. The van der Waals surface area contributed by atoms with Gasteiger partial charge in [-0.3, -0.25) is 0 Å². The van der Waals surface area contributed by atoms with Crippen LogP contribution in [0.15, 0.2) is 47.8 Å². The summed E-state index contributed by atoms with van der Waals surface area (Å²) in [7, 11) is 0. The first kappa shape index (κ1) is 17.4. The highest BCUT2D eigenvalue weighted by atomic mass is 127. The SMILES string of the molecule is N#C/C(=C\c1ccccc1I)c1nc(-c2ccc(Cl)cc2Cl)cs1. The molecule has 0 amide bonds. The molecule has 0 saturated heterocycles. The molecule has 0 fully saturated rings. The minimum atomic E-state index is 0.528. The first-order chi connectivity index (χ1) is 11.6. The van der Waals surface area contributed by atoms with Gasteiger partial charge >= 0.3 is 0 Å². The Hall–Kier alpha value is -1.39. The molecule has 1 aromatic heterocycles. The van der Waals surface area contributed by atoms with Crippen molar-refractivity contribution in [1.82, 2.24) is 4.98 Å². The van der Waals surface area contributed by atoms with Gasteiger partial charge in [0.05, 0.1) is 16.3 Å². The van der Waals surface area contributed by atoms with Crippen molar-refractivity contribution >= 4 is 68.8 Å². The van der Waals surface area contributed by atoms with Crippen LogP contribution in [0.2, 0.25) is 10.0 Å². The fraction of sp³-hybridized carbons (Fsp3) is 0. The minimum absolute atomic E-state index is 0.528.